The van der Waals surface area contributed by atoms with E-state index in [0.717, 1.165) is 33.9 Å². The molecule has 0 aliphatic carbocycles. The van der Waals surface area contributed by atoms with Gasteiger partial charge >= 0.3 is 0 Å². The van der Waals surface area contributed by atoms with E-state index in [-0.39, 0.29) is 0 Å². The van der Waals surface area contributed by atoms with Crippen LogP contribution in [0.15, 0.2) is 42.6 Å². The van der Waals surface area contributed by atoms with E-state index in [1.807, 2.05) is 60.8 Å². The number of hydrogen-bond acceptors (Lipinski definition) is 3. The number of benzene rings is 1. The summed E-state index contributed by atoms with van der Waals surface area (Å²) in [7, 11) is 1.65. The summed E-state index contributed by atoms with van der Waals surface area (Å²) in [6, 6.07) is 11.8. The molecule has 4 nitrogen and oxygen atoms in total. The molecule has 1 N–H and O–H groups in total. The number of aromatic nitrogens is 2. The van der Waals surface area contributed by atoms with Gasteiger partial charge in [0.2, 0.25) is 0 Å². The van der Waals surface area contributed by atoms with Crippen molar-refractivity contribution in [1.29, 1.82) is 0 Å². The Balaban J connectivity index is 2.32. The molecule has 0 fully saturated rings. The van der Waals surface area contributed by atoms with E-state index in [2.05, 4.69) is 0 Å². The third kappa shape index (κ3) is 2.35. The number of aryl methyl sites for hydroxylation is 1. The van der Waals surface area contributed by atoms with Gasteiger partial charge in [-0.1, -0.05) is 19.1 Å². The molecule has 3 rings (SSSR count). The molecular formula is C18H20N2O2. The van der Waals surface area contributed by atoms with Gasteiger partial charge in [0.25, 0.3) is 0 Å². The van der Waals surface area contributed by atoms with Crippen molar-refractivity contribution in [3.05, 3.63) is 53.9 Å². The maximum atomic E-state index is 10.5. The zero-order valence-electron chi connectivity index (χ0n) is 13.1. The number of rotatable bonds is 4. The molecule has 1 atom stereocenters. The van der Waals surface area contributed by atoms with Crippen LogP contribution in [-0.4, -0.2) is 21.6 Å². The van der Waals surface area contributed by atoms with E-state index in [1.165, 1.54) is 0 Å². The summed E-state index contributed by atoms with van der Waals surface area (Å²) < 4.78 is 7.42. The van der Waals surface area contributed by atoms with Crippen LogP contribution in [0, 0.1) is 6.92 Å². The van der Waals surface area contributed by atoms with Crippen LogP contribution >= 0.6 is 0 Å². The Bertz CT molecular complexity index is 808. The van der Waals surface area contributed by atoms with Crippen molar-refractivity contribution < 1.29 is 9.84 Å². The Morgan fingerprint density at radius 1 is 1.27 bits per heavy atom. The second kappa shape index (κ2) is 5.81. The van der Waals surface area contributed by atoms with E-state index in [0.29, 0.717) is 6.42 Å². The van der Waals surface area contributed by atoms with Crippen LogP contribution in [0.1, 0.15) is 30.7 Å². The zero-order valence-corrected chi connectivity index (χ0v) is 13.1. The van der Waals surface area contributed by atoms with E-state index in [4.69, 9.17) is 9.72 Å². The molecule has 0 aliphatic heterocycles. The minimum Gasteiger partial charge on any atom is -0.496 e. The third-order valence-electron chi connectivity index (χ3n) is 3.88. The summed E-state index contributed by atoms with van der Waals surface area (Å²) in [5.41, 5.74) is 4.46. The number of imidazole rings is 1. The third-order valence-corrected chi connectivity index (χ3v) is 3.88. The number of fused-ring (bicyclic) bond motifs is 1. The molecule has 3 aromatic rings. The summed E-state index contributed by atoms with van der Waals surface area (Å²) >= 11 is 0. The van der Waals surface area contributed by atoms with Gasteiger partial charge in [0.15, 0.2) is 0 Å². The van der Waals surface area contributed by atoms with Crippen LogP contribution in [0.25, 0.3) is 16.9 Å². The average molecular weight is 296 g/mol. The molecule has 0 bridgehead atoms. The van der Waals surface area contributed by atoms with Gasteiger partial charge in [-0.15, -0.1) is 0 Å². The van der Waals surface area contributed by atoms with Crippen LogP contribution in [0.2, 0.25) is 0 Å². The first kappa shape index (κ1) is 14.6. The normalized spacial score (nSPS) is 12.5. The van der Waals surface area contributed by atoms with E-state index in [9.17, 15) is 5.11 Å². The predicted molar refractivity (Wildman–Crippen MR) is 87.2 cm³/mol. The number of pyridine rings is 1. The van der Waals surface area contributed by atoms with Gasteiger partial charge in [-0.3, -0.25) is 0 Å². The standard InChI is InChI=1S/C18H20N2O2/c1-4-14(21)18-17(13-7-5-6-8-15(13)22-3)19-16-11-12(2)9-10-20(16)18/h5-11,14,21H,4H2,1-3H3. The van der Waals surface area contributed by atoms with Gasteiger partial charge in [0.1, 0.15) is 11.4 Å². The first-order valence-corrected chi connectivity index (χ1v) is 7.45. The summed E-state index contributed by atoms with van der Waals surface area (Å²) in [5, 5.41) is 10.5. The van der Waals surface area contributed by atoms with Crippen molar-refractivity contribution in [3.8, 4) is 17.0 Å². The first-order valence-electron chi connectivity index (χ1n) is 7.45. The lowest BCUT2D eigenvalue weighted by Gasteiger charge is -2.12. The summed E-state index contributed by atoms with van der Waals surface area (Å²) in [5.74, 6) is 0.757. The predicted octanol–water partition coefficient (Wildman–Crippen LogP) is 3.76. The van der Waals surface area contributed by atoms with Gasteiger partial charge < -0.3 is 14.2 Å². The van der Waals surface area contributed by atoms with Crippen LogP contribution in [0.3, 0.4) is 0 Å². The highest BCUT2D eigenvalue weighted by Gasteiger charge is 2.21. The van der Waals surface area contributed by atoms with Gasteiger partial charge in [0, 0.05) is 11.8 Å². The van der Waals surface area contributed by atoms with Crippen molar-refractivity contribution in [2.75, 3.05) is 7.11 Å². The molecule has 22 heavy (non-hydrogen) atoms. The molecule has 0 amide bonds. The second-order valence-corrected chi connectivity index (χ2v) is 5.40. The van der Waals surface area contributed by atoms with Crippen LogP contribution < -0.4 is 4.74 Å². The number of aliphatic hydroxyl groups is 1. The maximum Gasteiger partial charge on any atom is 0.138 e. The van der Waals surface area contributed by atoms with Gasteiger partial charge in [-0.05, 0) is 43.2 Å². The highest BCUT2D eigenvalue weighted by molar-refractivity contribution is 5.72. The maximum absolute atomic E-state index is 10.5. The molecule has 1 unspecified atom stereocenters. The van der Waals surface area contributed by atoms with Crippen molar-refractivity contribution in [3.63, 3.8) is 0 Å². The number of methoxy groups -OCH3 is 1. The quantitative estimate of drug-likeness (QED) is 0.797. The van der Waals surface area contributed by atoms with Crippen LogP contribution in [0.5, 0.6) is 5.75 Å². The first-order chi connectivity index (χ1) is 10.7. The molecule has 2 heterocycles. The molecular weight excluding hydrogens is 276 g/mol. The minimum absolute atomic E-state index is 0.572. The van der Waals surface area contributed by atoms with Crippen molar-refractivity contribution in [2.45, 2.75) is 26.4 Å². The van der Waals surface area contributed by atoms with Crippen LogP contribution in [0.4, 0.5) is 0 Å². The zero-order chi connectivity index (χ0) is 15.7. The lowest BCUT2D eigenvalue weighted by molar-refractivity contribution is 0.168. The Morgan fingerprint density at radius 3 is 2.77 bits per heavy atom. The molecule has 1 aromatic carbocycles. The molecule has 0 aliphatic rings. The topological polar surface area (TPSA) is 46.8 Å². The molecule has 0 saturated carbocycles. The number of ether oxygens (including phenoxy) is 1. The van der Waals surface area contributed by atoms with Crippen molar-refractivity contribution in [1.82, 2.24) is 9.38 Å². The van der Waals surface area contributed by atoms with Crippen molar-refractivity contribution in [2.24, 2.45) is 0 Å². The fourth-order valence-corrected chi connectivity index (χ4v) is 2.72. The fraction of sp³-hybridized carbons (Fsp3) is 0.278. The average Bonchev–Trinajstić information content (AvgIpc) is 2.92. The Hall–Kier alpha value is -2.33. The lowest BCUT2D eigenvalue weighted by atomic mass is 10.0. The molecule has 0 radical (unpaired) electrons. The lowest BCUT2D eigenvalue weighted by Crippen LogP contribution is -2.02. The van der Waals surface area contributed by atoms with Crippen LogP contribution in [-0.2, 0) is 0 Å². The molecule has 0 saturated heterocycles. The highest BCUT2D eigenvalue weighted by atomic mass is 16.5. The van der Waals surface area contributed by atoms with E-state index >= 15 is 0 Å². The number of hydrogen-bond donors (Lipinski definition) is 1. The Morgan fingerprint density at radius 2 is 2.05 bits per heavy atom. The molecule has 2 aromatic heterocycles. The van der Waals surface area contributed by atoms with Gasteiger partial charge in [0.05, 0.1) is 24.6 Å². The number of nitrogens with zero attached hydrogens (tertiary/aromatic N) is 2. The summed E-state index contributed by atoms with van der Waals surface area (Å²) in [6.07, 6.45) is 2.02. The summed E-state index contributed by atoms with van der Waals surface area (Å²) in [6.45, 7) is 4.00. The largest absolute Gasteiger partial charge is 0.496 e. The summed E-state index contributed by atoms with van der Waals surface area (Å²) in [4.78, 5) is 4.74. The van der Waals surface area contributed by atoms with Crippen molar-refractivity contribution >= 4 is 5.65 Å². The van der Waals surface area contributed by atoms with E-state index in [1.54, 1.807) is 7.11 Å². The fourth-order valence-electron chi connectivity index (χ4n) is 2.72. The molecule has 0 spiro atoms. The number of para-hydroxylation sites is 1. The van der Waals surface area contributed by atoms with Gasteiger partial charge in [-0.25, -0.2) is 4.98 Å². The smallest absolute Gasteiger partial charge is 0.138 e. The Labute approximate surface area is 130 Å². The molecule has 114 valence electrons. The van der Waals surface area contributed by atoms with Gasteiger partial charge in [-0.2, -0.15) is 0 Å². The Kier molecular flexibility index (Phi) is 3.86. The monoisotopic (exact) mass is 296 g/mol. The highest BCUT2D eigenvalue weighted by Crippen LogP contribution is 2.35. The SMILES string of the molecule is CCC(O)c1c(-c2ccccc2OC)nc2cc(C)ccn12. The van der Waals surface area contributed by atoms with E-state index < -0.39 is 6.10 Å². The number of aliphatic hydroxyl groups excluding tert-OH is 1. The second-order valence-electron chi connectivity index (χ2n) is 5.40. The molecule has 4 heteroatoms. The minimum atomic E-state index is -0.572.